The first-order valence-corrected chi connectivity index (χ1v) is 7.22. The van der Waals surface area contributed by atoms with Crippen LogP contribution in [0.5, 0.6) is 0 Å². The van der Waals surface area contributed by atoms with E-state index in [1.54, 1.807) is 0 Å². The first-order chi connectivity index (χ1) is 9.22. The predicted molar refractivity (Wildman–Crippen MR) is 79.7 cm³/mol. The maximum absolute atomic E-state index is 4.53. The zero-order chi connectivity index (χ0) is 13.7. The number of likely N-dealkylation sites (N-methyl/N-ethyl adjacent to an activating group) is 1. The average Bonchev–Trinajstić information content (AvgIpc) is 2.46. The molecule has 1 aromatic rings. The number of aryl methyl sites for hydroxylation is 1. The summed E-state index contributed by atoms with van der Waals surface area (Å²) in [6, 6.07) is 2.59. The van der Waals surface area contributed by atoms with Crippen molar-refractivity contribution in [3.05, 3.63) is 11.9 Å². The molecule has 0 aromatic carbocycles. The second kappa shape index (κ2) is 6.70. The van der Waals surface area contributed by atoms with Crippen LogP contribution in [-0.4, -0.2) is 48.1 Å². The fourth-order valence-corrected chi connectivity index (χ4v) is 2.50. The first-order valence-electron chi connectivity index (χ1n) is 7.22. The van der Waals surface area contributed by atoms with E-state index < -0.39 is 0 Å². The highest BCUT2D eigenvalue weighted by molar-refractivity contribution is 5.47. The Hall–Kier alpha value is -1.36. The smallest absolute Gasteiger partial charge is 0.132 e. The summed E-state index contributed by atoms with van der Waals surface area (Å²) in [6.45, 7) is 4.24. The molecule has 1 atom stereocenters. The molecule has 1 fully saturated rings. The van der Waals surface area contributed by atoms with Gasteiger partial charge in [-0.05, 0) is 26.4 Å². The molecule has 1 unspecified atom stereocenters. The summed E-state index contributed by atoms with van der Waals surface area (Å²) in [5, 5.41) is 6.55. The van der Waals surface area contributed by atoms with Crippen molar-refractivity contribution in [2.45, 2.75) is 38.6 Å². The van der Waals surface area contributed by atoms with Crippen LogP contribution in [0.15, 0.2) is 6.07 Å². The van der Waals surface area contributed by atoms with Gasteiger partial charge in [-0.3, -0.25) is 0 Å². The fraction of sp³-hybridized carbons (Fsp3) is 0.714. The zero-order valence-electron chi connectivity index (χ0n) is 12.2. The summed E-state index contributed by atoms with van der Waals surface area (Å²) in [5.41, 5.74) is 0. The molecular formula is C14H25N5. The molecule has 1 aromatic heterocycles. The standard InChI is InChI=1S/C14H25N5/c1-4-12-17-13(15-2)9-14(18-12)16-10-11-7-5-6-8-19(11)3/h9,11H,4-8,10H2,1-3H3,(H2,15,16,17,18). The van der Waals surface area contributed by atoms with E-state index in [-0.39, 0.29) is 0 Å². The molecule has 1 saturated heterocycles. The maximum Gasteiger partial charge on any atom is 0.132 e. The van der Waals surface area contributed by atoms with Crippen molar-refractivity contribution >= 4 is 11.6 Å². The van der Waals surface area contributed by atoms with Crippen LogP contribution in [0.3, 0.4) is 0 Å². The molecule has 0 spiro atoms. The molecule has 5 nitrogen and oxygen atoms in total. The Morgan fingerprint density at radius 2 is 2.11 bits per heavy atom. The highest BCUT2D eigenvalue weighted by Gasteiger charge is 2.18. The SMILES string of the molecule is CCc1nc(NC)cc(NCC2CCCCN2C)n1. The van der Waals surface area contributed by atoms with Crippen molar-refractivity contribution in [1.29, 1.82) is 0 Å². The van der Waals surface area contributed by atoms with Gasteiger partial charge in [-0.1, -0.05) is 13.3 Å². The van der Waals surface area contributed by atoms with Gasteiger partial charge >= 0.3 is 0 Å². The van der Waals surface area contributed by atoms with E-state index in [1.165, 1.54) is 25.8 Å². The predicted octanol–water partition coefficient (Wildman–Crippen LogP) is 1.98. The Kier molecular flexibility index (Phi) is 4.96. The molecule has 0 radical (unpaired) electrons. The largest absolute Gasteiger partial charge is 0.373 e. The number of aromatic nitrogens is 2. The number of piperidine rings is 1. The van der Waals surface area contributed by atoms with Gasteiger partial charge in [0.05, 0.1) is 0 Å². The molecule has 5 heteroatoms. The third-order valence-corrected chi connectivity index (χ3v) is 3.79. The van der Waals surface area contributed by atoms with Crippen LogP contribution in [0.1, 0.15) is 32.0 Å². The molecule has 106 valence electrons. The van der Waals surface area contributed by atoms with Crippen molar-refractivity contribution < 1.29 is 0 Å². The van der Waals surface area contributed by atoms with Gasteiger partial charge in [0.2, 0.25) is 0 Å². The molecular weight excluding hydrogens is 238 g/mol. The fourth-order valence-electron chi connectivity index (χ4n) is 2.50. The molecule has 0 amide bonds. The molecule has 2 N–H and O–H groups in total. The minimum absolute atomic E-state index is 0.617. The van der Waals surface area contributed by atoms with Crippen LogP contribution in [0.25, 0.3) is 0 Å². The highest BCUT2D eigenvalue weighted by Crippen LogP contribution is 2.16. The van der Waals surface area contributed by atoms with E-state index in [0.29, 0.717) is 6.04 Å². The topological polar surface area (TPSA) is 53.1 Å². The molecule has 0 bridgehead atoms. The quantitative estimate of drug-likeness (QED) is 0.850. The first kappa shape index (κ1) is 14.1. The lowest BCUT2D eigenvalue weighted by atomic mass is 10.0. The molecule has 0 saturated carbocycles. The molecule has 19 heavy (non-hydrogen) atoms. The summed E-state index contributed by atoms with van der Waals surface area (Å²) in [5.74, 6) is 2.69. The van der Waals surface area contributed by atoms with E-state index in [2.05, 4.69) is 39.5 Å². The third kappa shape index (κ3) is 3.80. The van der Waals surface area contributed by atoms with Gasteiger partial charge in [-0.15, -0.1) is 0 Å². The zero-order valence-corrected chi connectivity index (χ0v) is 12.2. The van der Waals surface area contributed by atoms with E-state index in [4.69, 9.17) is 0 Å². The van der Waals surface area contributed by atoms with E-state index in [0.717, 1.165) is 30.4 Å². The summed E-state index contributed by atoms with van der Waals surface area (Å²) < 4.78 is 0. The molecule has 1 aliphatic rings. The van der Waals surface area contributed by atoms with E-state index in [9.17, 15) is 0 Å². The monoisotopic (exact) mass is 263 g/mol. The number of nitrogens with zero attached hydrogens (tertiary/aromatic N) is 3. The van der Waals surface area contributed by atoms with Crippen LogP contribution >= 0.6 is 0 Å². The van der Waals surface area contributed by atoms with Crippen LogP contribution in [0.4, 0.5) is 11.6 Å². The van der Waals surface area contributed by atoms with Gasteiger partial charge in [0.15, 0.2) is 0 Å². The van der Waals surface area contributed by atoms with Gasteiger partial charge in [-0.25, -0.2) is 9.97 Å². The third-order valence-electron chi connectivity index (χ3n) is 3.79. The van der Waals surface area contributed by atoms with Crippen LogP contribution in [0, 0.1) is 0 Å². The van der Waals surface area contributed by atoms with Gasteiger partial charge in [0.25, 0.3) is 0 Å². The van der Waals surface area contributed by atoms with Crippen molar-refractivity contribution in [1.82, 2.24) is 14.9 Å². The lowest BCUT2D eigenvalue weighted by Gasteiger charge is -2.32. The maximum atomic E-state index is 4.53. The van der Waals surface area contributed by atoms with Crippen LogP contribution < -0.4 is 10.6 Å². The van der Waals surface area contributed by atoms with E-state index >= 15 is 0 Å². The molecule has 1 aliphatic heterocycles. The number of likely N-dealkylation sites (tertiary alicyclic amines) is 1. The summed E-state index contributed by atoms with van der Waals surface area (Å²) in [7, 11) is 4.10. The van der Waals surface area contributed by atoms with Crippen molar-refractivity contribution in [3.63, 3.8) is 0 Å². The normalized spacial score (nSPS) is 20.3. The lowest BCUT2D eigenvalue weighted by Crippen LogP contribution is -2.40. The average molecular weight is 263 g/mol. The summed E-state index contributed by atoms with van der Waals surface area (Å²) in [4.78, 5) is 11.4. The number of nitrogens with one attached hydrogen (secondary N) is 2. The number of hydrogen-bond donors (Lipinski definition) is 2. The Morgan fingerprint density at radius 3 is 2.79 bits per heavy atom. The van der Waals surface area contributed by atoms with Crippen molar-refractivity contribution in [3.8, 4) is 0 Å². The summed E-state index contributed by atoms with van der Waals surface area (Å²) in [6.07, 6.45) is 4.79. The van der Waals surface area contributed by atoms with Crippen molar-refractivity contribution in [2.75, 3.05) is 37.8 Å². The van der Waals surface area contributed by atoms with E-state index in [1.807, 2.05) is 13.1 Å². The molecule has 0 aliphatic carbocycles. The Bertz CT molecular complexity index is 385. The van der Waals surface area contributed by atoms with Gasteiger partial charge < -0.3 is 15.5 Å². The molecule has 2 heterocycles. The van der Waals surface area contributed by atoms with Gasteiger partial charge in [-0.2, -0.15) is 0 Å². The lowest BCUT2D eigenvalue weighted by molar-refractivity contribution is 0.194. The van der Waals surface area contributed by atoms with Gasteiger partial charge in [0, 0.05) is 32.1 Å². The Labute approximate surface area is 115 Å². The minimum atomic E-state index is 0.617. The van der Waals surface area contributed by atoms with Crippen LogP contribution in [0.2, 0.25) is 0 Å². The molecule has 2 rings (SSSR count). The number of rotatable bonds is 5. The van der Waals surface area contributed by atoms with Gasteiger partial charge in [0.1, 0.15) is 17.5 Å². The Balaban J connectivity index is 1.98. The highest BCUT2D eigenvalue weighted by atomic mass is 15.2. The summed E-state index contributed by atoms with van der Waals surface area (Å²) >= 11 is 0. The van der Waals surface area contributed by atoms with Crippen LogP contribution in [-0.2, 0) is 6.42 Å². The van der Waals surface area contributed by atoms with Crippen molar-refractivity contribution in [2.24, 2.45) is 0 Å². The second-order valence-corrected chi connectivity index (χ2v) is 5.17. The number of hydrogen-bond acceptors (Lipinski definition) is 5. The number of anilines is 2. The second-order valence-electron chi connectivity index (χ2n) is 5.17. The minimum Gasteiger partial charge on any atom is -0.373 e. The Morgan fingerprint density at radius 1 is 1.32 bits per heavy atom.